The van der Waals surface area contributed by atoms with Crippen molar-refractivity contribution in [3.8, 4) is 0 Å². The zero-order valence-corrected chi connectivity index (χ0v) is 19.8. The van der Waals surface area contributed by atoms with Gasteiger partial charge < -0.3 is 15.4 Å². The summed E-state index contributed by atoms with van der Waals surface area (Å²) in [5.74, 6) is 0.284. The molecule has 0 amide bonds. The van der Waals surface area contributed by atoms with E-state index in [0.717, 1.165) is 34.3 Å². The van der Waals surface area contributed by atoms with Crippen LogP contribution in [0.4, 0.5) is 10.8 Å². The summed E-state index contributed by atoms with van der Waals surface area (Å²) in [7, 11) is 1.40. The van der Waals surface area contributed by atoms with Crippen molar-refractivity contribution in [3.05, 3.63) is 62.1 Å². The van der Waals surface area contributed by atoms with Gasteiger partial charge in [0.15, 0.2) is 10.9 Å². The number of halogens is 1. The highest BCUT2D eigenvalue weighted by atomic mass is 79.9. The summed E-state index contributed by atoms with van der Waals surface area (Å²) in [6.45, 7) is 2.73. The fraction of sp³-hybridized carbons (Fsp3) is 0.286. The molecule has 0 bridgehead atoms. The van der Waals surface area contributed by atoms with Gasteiger partial charge in [-0.3, -0.25) is 4.68 Å². The van der Waals surface area contributed by atoms with E-state index in [0.29, 0.717) is 23.0 Å². The van der Waals surface area contributed by atoms with Crippen LogP contribution in [0.2, 0.25) is 0 Å². The molecule has 0 unspecified atom stereocenters. The molecule has 0 atom stereocenters. The van der Waals surface area contributed by atoms with Gasteiger partial charge >= 0.3 is 5.97 Å². The first-order chi connectivity index (χ1) is 14.4. The second-order valence-corrected chi connectivity index (χ2v) is 9.51. The van der Waals surface area contributed by atoms with Gasteiger partial charge in [0.2, 0.25) is 0 Å². The maximum Gasteiger partial charge on any atom is 0.341 e. The molecule has 9 heteroatoms. The van der Waals surface area contributed by atoms with Gasteiger partial charge in [-0.2, -0.15) is 5.10 Å². The van der Waals surface area contributed by atoms with Crippen LogP contribution in [-0.2, 0) is 24.1 Å². The van der Waals surface area contributed by atoms with Crippen LogP contribution >= 0.6 is 39.5 Å². The topological polar surface area (TPSA) is 68.2 Å². The number of anilines is 2. The molecule has 0 fully saturated rings. The quantitative estimate of drug-likeness (QED) is 0.370. The second kappa shape index (κ2) is 8.87. The van der Waals surface area contributed by atoms with Crippen LogP contribution in [0.1, 0.15) is 38.3 Å². The first-order valence-corrected chi connectivity index (χ1v) is 11.6. The number of thiophene rings is 1. The lowest BCUT2D eigenvalue weighted by molar-refractivity contribution is 0.0601. The molecule has 0 spiro atoms. The molecule has 0 saturated carbocycles. The molecule has 2 heterocycles. The van der Waals surface area contributed by atoms with Crippen molar-refractivity contribution in [2.45, 2.75) is 32.7 Å². The molecule has 3 aromatic rings. The molecule has 4 rings (SSSR count). The molecule has 2 aromatic heterocycles. The van der Waals surface area contributed by atoms with Crippen molar-refractivity contribution >= 4 is 61.4 Å². The van der Waals surface area contributed by atoms with E-state index in [1.807, 2.05) is 10.9 Å². The Hall–Kier alpha value is -2.23. The minimum Gasteiger partial charge on any atom is -0.465 e. The number of esters is 1. The number of nitrogens with zero attached hydrogens (tertiary/aromatic N) is 2. The van der Waals surface area contributed by atoms with Crippen molar-refractivity contribution in [1.82, 2.24) is 9.78 Å². The van der Waals surface area contributed by atoms with Gasteiger partial charge in [-0.1, -0.05) is 29.8 Å². The summed E-state index contributed by atoms with van der Waals surface area (Å²) in [6.07, 6.45) is 4.86. The Morgan fingerprint density at radius 3 is 2.80 bits per heavy atom. The molecule has 2 N–H and O–H groups in total. The molecule has 6 nitrogen and oxygen atoms in total. The van der Waals surface area contributed by atoms with Crippen LogP contribution < -0.4 is 10.6 Å². The second-order valence-electron chi connectivity index (χ2n) is 7.14. The van der Waals surface area contributed by atoms with E-state index in [2.05, 4.69) is 62.9 Å². The molecule has 30 heavy (non-hydrogen) atoms. The standard InChI is InChI=1S/C21H21BrN4O2S2/c1-12-6-8-13(9-7-12)10-26-11-15(22)18(25-26)23-21(29)24-19-17(20(27)28-2)14-4-3-5-16(14)30-19/h6-9,11H,3-5,10H2,1-2H3,(H2,23,24,25,29). The fourth-order valence-corrected chi connectivity index (χ4v) is 5.46. The summed E-state index contributed by atoms with van der Waals surface area (Å²) in [5, 5.41) is 12.0. The monoisotopic (exact) mass is 504 g/mol. The molecule has 0 saturated heterocycles. The van der Waals surface area contributed by atoms with Crippen LogP contribution in [0.3, 0.4) is 0 Å². The van der Waals surface area contributed by atoms with Crippen molar-refractivity contribution in [3.63, 3.8) is 0 Å². The Morgan fingerprint density at radius 2 is 2.07 bits per heavy atom. The van der Waals surface area contributed by atoms with Crippen LogP contribution in [0.25, 0.3) is 0 Å². The van der Waals surface area contributed by atoms with Crippen molar-refractivity contribution in [2.24, 2.45) is 0 Å². The van der Waals surface area contributed by atoms with E-state index in [-0.39, 0.29) is 5.97 Å². The molecule has 0 aliphatic heterocycles. The Morgan fingerprint density at radius 1 is 1.30 bits per heavy atom. The minimum atomic E-state index is -0.330. The van der Waals surface area contributed by atoms with Crippen molar-refractivity contribution in [2.75, 3.05) is 17.7 Å². The van der Waals surface area contributed by atoms with E-state index in [1.54, 1.807) is 11.3 Å². The third-order valence-electron chi connectivity index (χ3n) is 4.95. The van der Waals surface area contributed by atoms with Gasteiger partial charge in [-0.25, -0.2) is 4.79 Å². The molecule has 1 aromatic carbocycles. The number of aromatic nitrogens is 2. The summed E-state index contributed by atoms with van der Waals surface area (Å²) in [6, 6.07) is 8.36. The zero-order chi connectivity index (χ0) is 21.3. The smallest absolute Gasteiger partial charge is 0.341 e. The number of benzene rings is 1. The summed E-state index contributed by atoms with van der Waals surface area (Å²) < 4.78 is 7.64. The Kier molecular flexibility index (Phi) is 6.21. The van der Waals surface area contributed by atoms with Gasteiger partial charge in [-0.05, 0) is 65.5 Å². The number of aryl methyl sites for hydroxylation is 2. The number of carbonyl (C=O) groups excluding carboxylic acids is 1. The normalized spacial score (nSPS) is 12.5. The molecular formula is C21H21BrN4O2S2. The van der Waals surface area contributed by atoms with Crippen molar-refractivity contribution < 1.29 is 9.53 Å². The summed E-state index contributed by atoms with van der Waals surface area (Å²) >= 11 is 10.6. The predicted molar refractivity (Wildman–Crippen MR) is 128 cm³/mol. The molecule has 1 aliphatic rings. The number of rotatable bonds is 5. The lowest BCUT2D eigenvalue weighted by atomic mass is 10.1. The first-order valence-electron chi connectivity index (χ1n) is 9.54. The van der Waals surface area contributed by atoms with Crippen molar-refractivity contribution in [1.29, 1.82) is 0 Å². The van der Waals surface area contributed by atoms with E-state index < -0.39 is 0 Å². The van der Waals surface area contributed by atoms with Gasteiger partial charge in [0.1, 0.15) is 5.00 Å². The van der Waals surface area contributed by atoms with Crippen LogP contribution in [0.5, 0.6) is 0 Å². The summed E-state index contributed by atoms with van der Waals surface area (Å²) in [5.41, 5.74) is 4.08. The lowest BCUT2D eigenvalue weighted by Crippen LogP contribution is -2.21. The number of hydrogen-bond acceptors (Lipinski definition) is 5. The fourth-order valence-electron chi connectivity index (χ4n) is 3.50. The van der Waals surface area contributed by atoms with E-state index in [1.165, 1.54) is 23.1 Å². The predicted octanol–water partition coefficient (Wildman–Crippen LogP) is 5.15. The maximum absolute atomic E-state index is 12.3. The summed E-state index contributed by atoms with van der Waals surface area (Å²) in [4.78, 5) is 13.5. The van der Waals surface area contributed by atoms with Crippen LogP contribution in [-0.4, -0.2) is 28.0 Å². The lowest BCUT2D eigenvalue weighted by Gasteiger charge is -2.10. The Balaban J connectivity index is 1.47. The number of hydrogen-bond donors (Lipinski definition) is 2. The van der Waals surface area contributed by atoms with Crippen LogP contribution in [0.15, 0.2) is 34.9 Å². The molecule has 0 radical (unpaired) electrons. The van der Waals surface area contributed by atoms with E-state index in [9.17, 15) is 4.79 Å². The third-order valence-corrected chi connectivity index (χ3v) is 6.94. The Labute approximate surface area is 192 Å². The first kappa shape index (κ1) is 21.0. The van der Waals surface area contributed by atoms with E-state index >= 15 is 0 Å². The number of thiocarbonyl (C=S) groups is 1. The highest BCUT2D eigenvalue weighted by Crippen LogP contribution is 2.39. The molecule has 156 valence electrons. The number of methoxy groups -OCH3 is 1. The number of ether oxygens (including phenoxy) is 1. The average Bonchev–Trinajstić information content (AvgIpc) is 3.38. The van der Waals surface area contributed by atoms with Crippen LogP contribution in [0, 0.1) is 6.92 Å². The van der Waals surface area contributed by atoms with Gasteiger partial charge in [0, 0.05) is 11.1 Å². The average molecular weight is 505 g/mol. The highest BCUT2D eigenvalue weighted by Gasteiger charge is 2.27. The van der Waals surface area contributed by atoms with Gasteiger partial charge in [0.25, 0.3) is 0 Å². The number of carbonyl (C=O) groups is 1. The number of nitrogens with one attached hydrogen (secondary N) is 2. The SMILES string of the molecule is COC(=O)c1c(NC(=S)Nc2nn(Cc3ccc(C)cc3)cc2Br)sc2c1CCC2. The largest absolute Gasteiger partial charge is 0.465 e. The van der Waals surface area contributed by atoms with Gasteiger partial charge in [-0.15, -0.1) is 11.3 Å². The van der Waals surface area contributed by atoms with Gasteiger partial charge in [0.05, 0.1) is 23.7 Å². The number of fused-ring (bicyclic) bond motifs is 1. The minimum absolute atomic E-state index is 0.330. The van der Waals surface area contributed by atoms with E-state index in [4.69, 9.17) is 17.0 Å². The Bertz CT molecular complexity index is 1110. The maximum atomic E-state index is 12.3. The third kappa shape index (κ3) is 4.43. The highest BCUT2D eigenvalue weighted by molar-refractivity contribution is 9.10. The zero-order valence-electron chi connectivity index (χ0n) is 16.6. The molecule has 1 aliphatic carbocycles. The molecular weight excluding hydrogens is 484 g/mol.